The second-order valence-electron chi connectivity index (χ2n) is 5.98. The number of thioether (sulfide) groups is 1. The Hall–Kier alpha value is -2.95. The zero-order chi connectivity index (χ0) is 20.9. The number of primary sulfonamides is 1. The fourth-order valence-electron chi connectivity index (χ4n) is 2.57. The molecule has 0 bridgehead atoms. The fraction of sp³-hybridized carbons (Fsp3) is 0.105. The number of nitrogens with two attached hydrogens (primary N) is 1. The summed E-state index contributed by atoms with van der Waals surface area (Å²) in [5, 5.41) is 16.8. The van der Waals surface area contributed by atoms with E-state index in [9.17, 15) is 13.2 Å². The zero-order valence-corrected chi connectivity index (χ0v) is 17.0. The summed E-state index contributed by atoms with van der Waals surface area (Å²) in [6, 6.07) is 15.4. The maximum Gasteiger partial charge on any atom is 0.238 e. The Morgan fingerprint density at radius 3 is 2.62 bits per heavy atom. The number of amides is 1. The van der Waals surface area contributed by atoms with Gasteiger partial charge in [-0.3, -0.25) is 9.36 Å². The molecule has 0 radical (unpaired) electrons. The van der Waals surface area contributed by atoms with Crippen molar-refractivity contribution in [2.45, 2.75) is 16.6 Å². The van der Waals surface area contributed by atoms with Crippen molar-refractivity contribution >= 4 is 33.4 Å². The molecular weight excluding hydrogens is 410 g/mol. The topological polar surface area (TPSA) is 120 Å². The van der Waals surface area contributed by atoms with Crippen LogP contribution in [0.1, 0.15) is 0 Å². The molecular formula is C19H19N5O3S2. The van der Waals surface area contributed by atoms with Gasteiger partial charge in [0.1, 0.15) is 0 Å². The Morgan fingerprint density at radius 2 is 1.93 bits per heavy atom. The van der Waals surface area contributed by atoms with Gasteiger partial charge in [-0.05, 0) is 18.2 Å². The van der Waals surface area contributed by atoms with E-state index in [1.807, 2.05) is 34.9 Å². The molecule has 0 saturated carbocycles. The van der Waals surface area contributed by atoms with E-state index in [0.717, 1.165) is 5.56 Å². The van der Waals surface area contributed by atoms with Crippen molar-refractivity contribution in [2.24, 2.45) is 5.14 Å². The summed E-state index contributed by atoms with van der Waals surface area (Å²) in [4.78, 5) is 12.2. The second kappa shape index (κ2) is 9.03. The summed E-state index contributed by atoms with van der Waals surface area (Å²) in [5.74, 6) is 0.453. The van der Waals surface area contributed by atoms with Gasteiger partial charge in [0.25, 0.3) is 0 Å². The van der Waals surface area contributed by atoms with Crippen molar-refractivity contribution < 1.29 is 13.2 Å². The van der Waals surface area contributed by atoms with Gasteiger partial charge in [0, 0.05) is 17.8 Å². The highest BCUT2D eigenvalue weighted by molar-refractivity contribution is 7.99. The predicted octanol–water partition coefficient (Wildman–Crippen LogP) is 2.51. The predicted molar refractivity (Wildman–Crippen MR) is 113 cm³/mol. The van der Waals surface area contributed by atoms with Crippen molar-refractivity contribution in [1.29, 1.82) is 0 Å². The van der Waals surface area contributed by atoms with E-state index in [1.165, 1.54) is 30.0 Å². The van der Waals surface area contributed by atoms with E-state index in [2.05, 4.69) is 22.1 Å². The van der Waals surface area contributed by atoms with E-state index < -0.39 is 10.0 Å². The molecule has 10 heteroatoms. The number of nitrogens with zero attached hydrogens (tertiary/aromatic N) is 3. The van der Waals surface area contributed by atoms with Crippen LogP contribution < -0.4 is 10.5 Å². The normalized spacial score (nSPS) is 11.2. The first kappa shape index (κ1) is 20.8. The molecule has 2 aromatic carbocycles. The van der Waals surface area contributed by atoms with Crippen LogP contribution in [0.5, 0.6) is 0 Å². The fourth-order valence-corrected chi connectivity index (χ4v) is 3.88. The standard InChI is InChI=1S/C19H19N5O3S2/c1-2-11-24-18(14-7-4-3-5-8-14)22-23-19(24)28-13-17(25)21-15-9-6-10-16(12-15)29(20,26)27/h2-10,12H,1,11,13H2,(H,21,25)(H2,20,26,27). The number of allylic oxidation sites excluding steroid dienone is 1. The summed E-state index contributed by atoms with van der Waals surface area (Å²) >= 11 is 1.23. The Labute approximate surface area is 172 Å². The van der Waals surface area contributed by atoms with Crippen molar-refractivity contribution in [3.8, 4) is 11.4 Å². The lowest BCUT2D eigenvalue weighted by atomic mass is 10.2. The van der Waals surface area contributed by atoms with Crippen LogP contribution in [0.3, 0.4) is 0 Å². The van der Waals surface area contributed by atoms with Crippen LogP contribution >= 0.6 is 11.8 Å². The molecule has 0 aliphatic rings. The van der Waals surface area contributed by atoms with Crippen LogP contribution in [-0.4, -0.2) is 34.8 Å². The Morgan fingerprint density at radius 1 is 1.17 bits per heavy atom. The van der Waals surface area contributed by atoms with E-state index in [-0.39, 0.29) is 16.6 Å². The third-order valence-corrected chi connectivity index (χ3v) is 5.72. The van der Waals surface area contributed by atoms with Gasteiger partial charge in [0.05, 0.1) is 10.6 Å². The van der Waals surface area contributed by atoms with Gasteiger partial charge in [-0.25, -0.2) is 13.6 Å². The van der Waals surface area contributed by atoms with E-state index >= 15 is 0 Å². The molecule has 0 unspecified atom stereocenters. The SMILES string of the molecule is C=CCn1c(SCC(=O)Nc2cccc(S(N)(=O)=O)c2)nnc1-c1ccccc1. The maximum absolute atomic E-state index is 12.3. The summed E-state index contributed by atoms with van der Waals surface area (Å²) in [7, 11) is -3.84. The number of anilines is 1. The van der Waals surface area contributed by atoms with Crippen molar-refractivity contribution in [2.75, 3.05) is 11.1 Å². The minimum atomic E-state index is -3.84. The van der Waals surface area contributed by atoms with E-state index in [1.54, 1.807) is 12.1 Å². The van der Waals surface area contributed by atoms with Crippen LogP contribution in [0.25, 0.3) is 11.4 Å². The highest BCUT2D eigenvalue weighted by atomic mass is 32.2. The number of carbonyl (C=O) groups excluding carboxylic acids is 1. The van der Waals surface area contributed by atoms with E-state index in [4.69, 9.17) is 5.14 Å². The third kappa shape index (κ3) is 5.31. The van der Waals surface area contributed by atoms with Crippen LogP contribution in [0.15, 0.2) is 77.3 Å². The quantitative estimate of drug-likeness (QED) is 0.419. The van der Waals surface area contributed by atoms with Gasteiger partial charge < -0.3 is 5.32 Å². The number of sulfonamides is 1. The third-order valence-electron chi connectivity index (χ3n) is 3.84. The van der Waals surface area contributed by atoms with Crippen molar-refractivity contribution in [3.05, 3.63) is 67.3 Å². The largest absolute Gasteiger partial charge is 0.325 e. The first-order valence-corrected chi connectivity index (χ1v) is 11.1. The maximum atomic E-state index is 12.3. The Bertz CT molecular complexity index is 1130. The molecule has 3 aromatic rings. The first-order chi connectivity index (χ1) is 13.9. The van der Waals surface area contributed by atoms with Gasteiger partial charge in [-0.2, -0.15) is 0 Å². The second-order valence-corrected chi connectivity index (χ2v) is 8.49. The number of carbonyl (C=O) groups is 1. The minimum absolute atomic E-state index is 0.0683. The number of hydrogen-bond donors (Lipinski definition) is 2. The lowest BCUT2D eigenvalue weighted by molar-refractivity contribution is -0.113. The minimum Gasteiger partial charge on any atom is -0.325 e. The van der Waals surface area contributed by atoms with Gasteiger partial charge in [-0.1, -0.05) is 54.2 Å². The molecule has 3 N–H and O–H groups in total. The molecule has 150 valence electrons. The molecule has 3 rings (SSSR count). The number of aromatic nitrogens is 3. The summed E-state index contributed by atoms with van der Waals surface area (Å²) in [6.45, 7) is 4.26. The van der Waals surface area contributed by atoms with Crippen molar-refractivity contribution in [1.82, 2.24) is 14.8 Å². The molecule has 8 nitrogen and oxygen atoms in total. The smallest absolute Gasteiger partial charge is 0.238 e. The molecule has 1 aromatic heterocycles. The Kier molecular flexibility index (Phi) is 6.47. The van der Waals surface area contributed by atoms with Crippen LogP contribution in [0, 0.1) is 0 Å². The molecule has 0 spiro atoms. The summed E-state index contributed by atoms with van der Waals surface area (Å²) in [5.41, 5.74) is 1.26. The van der Waals surface area contributed by atoms with Crippen LogP contribution in [0.4, 0.5) is 5.69 Å². The molecule has 0 saturated heterocycles. The van der Waals surface area contributed by atoms with Crippen molar-refractivity contribution in [3.63, 3.8) is 0 Å². The monoisotopic (exact) mass is 429 g/mol. The lowest BCUT2D eigenvalue weighted by Gasteiger charge is -2.08. The van der Waals surface area contributed by atoms with Gasteiger partial charge in [0.15, 0.2) is 11.0 Å². The van der Waals surface area contributed by atoms with E-state index in [0.29, 0.717) is 23.2 Å². The zero-order valence-electron chi connectivity index (χ0n) is 15.4. The number of rotatable bonds is 8. The molecule has 29 heavy (non-hydrogen) atoms. The van der Waals surface area contributed by atoms with Crippen LogP contribution in [0.2, 0.25) is 0 Å². The average Bonchev–Trinajstić information content (AvgIpc) is 3.09. The van der Waals surface area contributed by atoms with Crippen LogP contribution in [-0.2, 0) is 21.4 Å². The van der Waals surface area contributed by atoms with Gasteiger partial charge in [-0.15, -0.1) is 16.8 Å². The Balaban J connectivity index is 1.71. The molecule has 0 aliphatic carbocycles. The summed E-state index contributed by atoms with van der Waals surface area (Å²) in [6.07, 6.45) is 1.73. The molecule has 1 amide bonds. The molecule has 0 atom stereocenters. The molecule has 0 fully saturated rings. The lowest BCUT2D eigenvalue weighted by Crippen LogP contribution is -2.16. The molecule has 1 heterocycles. The molecule has 0 aliphatic heterocycles. The van der Waals surface area contributed by atoms with Gasteiger partial charge in [0.2, 0.25) is 15.9 Å². The highest BCUT2D eigenvalue weighted by Crippen LogP contribution is 2.24. The number of hydrogen-bond acceptors (Lipinski definition) is 6. The highest BCUT2D eigenvalue weighted by Gasteiger charge is 2.15. The number of nitrogens with one attached hydrogen (secondary N) is 1. The number of benzene rings is 2. The summed E-state index contributed by atoms with van der Waals surface area (Å²) < 4.78 is 24.7. The first-order valence-electron chi connectivity index (χ1n) is 8.53. The average molecular weight is 430 g/mol. The van der Waals surface area contributed by atoms with Gasteiger partial charge >= 0.3 is 0 Å².